The topological polar surface area (TPSA) is 12.5 Å². The third-order valence-corrected chi connectivity index (χ3v) is 7.89. The molecular formula is C18H27NOS2. The van der Waals surface area contributed by atoms with E-state index in [0.29, 0.717) is 6.04 Å². The highest BCUT2D eigenvalue weighted by Gasteiger charge is 2.39. The summed E-state index contributed by atoms with van der Waals surface area (Å²) in [6.45, 7) is 8.61. The lowest BCUT2D eigenvalue weighted by molar-refractivity contribution is 0.302. The first-order valence-electron chi connectivity index (χ1n) is 7.87. The second-order valence-electron chi connectivity index (χ2n) is 5.59. The van der Waals surface area contributed by atoms with E-state index in [1.807, 2.05) is 0 Å². The summed E-state index contributed by atoms with van der Waals surface area (Å²) in [5, 5.41) is 0. The molecule has 0 N–H and O–H groups in total. The molecule has 2 aliphatic heterocycles. The Kier molecular flexibility index (Phi) is 6.16. The van der Waals surface area contributed by atoms with Crippen LogP contribution in [0.5, 0.6) is 0 Å². The normalized spacial score (nSPS) is 32.5. The summed E-state index contributed by atoms with van der Waals surface area (Å²) >= 11 is 4.11. The van der Waals surface area contributed by atoms with Crippen LogP contribution in [-0.2, 0) is 4.74 Å². The van der Waals surface area contributed by atoms with Crippen LogP contribution in [0.15, 0.2) is 47.9 Å². The molecule has 0 aromatic heterocycles. The first kappa shape index (κ1) is 17.6. The molecule has 2 rings (SSSR count). The number of ether oxygens (including phenoxy) is 1. The number of likely N-dealkylation sites (N-methyl/N-ethyl adjacent to an activating group) is 1. The molecule has 0 bridgehead atoms. The smallest absolute Gasteiger partial charge is 0.114 e. The van der Waals surface area contributed by atoms with Gasteiger partial charge in [-0.25, -0.2) is 0 Å². The van der Waals surface area contributed by atoms with Gasteiger partial charge in [-0.2, -0.15) is 0 Å². The van der Waals surface area contributed by atoms with Gasteiger partial charge in [-0.3, -0.25) is 0 Å². The van der Waals surface area contributed by atoms with Crippen molar-refractivity contribution in [2.75, 3.05) is 25.7 Å². The third kappa shape index (κ3) is 3.43. The molecule has 2 nitrogen and oxygen atoms in total. The van der Waals surface area contributed by atoms with Crippen LogP contribution in [-0.4, -0.2) is 40.7 Å². The van der Waals surface area contributed by atoms with Crippen LogP contribution in [0.1, 0.15) is 26.7 Å². The average molecular weight is 338 g/mol. The van der Waals surface area contributed by atoms with Crippen LogP contribution in [0.3, 0.4) is 0 Å². The molecule has 1 spiro atoms. The van der Waals surface area contributed by atoms with Gasteiger partial charge in [-0.15, -0.1) is 23.5 Å². The lowest BCUT2D eigenvalue weighted by atomic mass is 10.0. The second-order valence-corrected chi connectivity index (χ2v) is 8.64. The van der Waals surface area contributed by atoms with Crippen LogP contribution in [0.2, 0.25) is 0 Å². The molecule has 1 saturated heterocycles. The Balaban J connectivity index is 2.58. The van der Waals surface area contributed by atoms with Crippen molar-refractivity contribution in [2.24, 2.45) is 0 Å². The number of thioether (sulfide) groups is 2. The molecule has 22 heavy (non-hydrogen) atoms. The number of allylic oxidation sites excluding steroid dienone is 4. The largest absolute Gasteiger partial charge is 0.497 e. The molecule has 0 aromatic rings. The zero-order chi connectivity index (χ0) is 16.2. The highest BCUT2D eigenvalue weighted by atomic mass is 32.2. The van der Waals surface area contributed by atoms with Gasteiger partial charge in [0.25, 0.3) is 0 Å². The molecule has 0 aromatic carbocycles. The quantitative estimate of drug-likeness (QED) is 0.731. The van der Waals surface area contributed by atoms with E-state index in [-0.39, 0.29) is 4.08 Å². The fraction of sp³-hybridized carbons (Fsp3) is 0.556. The molecule has 0 aliphatic carbocycles. The van der Waals surface area contributed by atoms with Crippen molar-refractivity contribution in [3.63, 3.8) is 0 Å². The highest BCUT2D eigenvalue weighted by Crippen LogP contribution is 2.53. The minimum Gasteiger partial charge on any atom is -0.497 e. The van der Waals surface area contributed by atoms with E-state index >= 15 is 0 Å². The molecule has 1 atom stereocenters. The number of rotatable bonds is 3. The van der Waals surface area contributed by atoms with Crippen molar-refractivity contribution >= 4 is 23.5 Å². The highest BCUT2D eigenvalue weighted by molar-refractivity contribution is 8.21. The Labute approximate surface area is 143 Å². The van der Waals surface area contributed by atoms with Gasteiger partial charge in [0, 0.05) is 30.3 Å². The van der Waals surface area contributed by atoms with E-state index in [4.69, 9.17) is 4.74 Å². The van der Waals surface area contributed by atoms with E-state index in [1.165, 1.54) is 22.8 Å². The predicted molar refractivity (Wildman–Crippen MR) is 101 cm³/mol. The maximum Gasteiger partial charge on any atom is 0.114 e. The summed E-state index contributed by atoms with van der Waals surface area (Å²) in [4.78, 5) is 2.38. The van der Waals surface area contributed by atoms with Crippen molar-refractivity contribution in [3.05, 3.63) is 47.9 Å². The van der Waals surface area contributed by atoms with Crippen LogP contribution in [0.4, 0.5) is 0 Å². The minimum absolute atomic E-state index is 0.0794. The molecule has 4 heteroatoms. The standard InChI is InChI=1S/C18H27NOS2/c1-6-16-17(7-2)19(4)14(3)8-9-15(20-5)10-11-18(16)21-12-13-22-18/h6,8-10,14H,1,7,11-13H2,2-5H3/b9-8-,15-10+,17-16-. The predicted octanol–water partition coefficient (Wildman–Crippen LogP) is 4.82. The maximum absolute atomic E-state index is 5.53. The first-order chi connectivity index (χ1) is 10.6. The molecular weight excluding hydrogens is 310 g/mol. The van der Waals surface area contributed by atoms with Gasteiger partial charge in [0.05, 0.1) is 11.2 Å². The minimum atomic E-state index is 0.0794. The Morgan fingerprint density at radius 2 is 2.14 bits per heavy atom. The molecule has 0 saturated carbocycles. The summed E-state index contributed by atoms with van der Waals surface area (Å²) in [5.74, 6) is 3.35. The van der Waals surface area contributed by atoms with Gasteiger partial charge in [0.15, 0.2) is 0 Å². The van der Waals surface area contributed by atoms with Crippen molar-refractivity contribution in [1.82, 2.24) is 4.90 Å². The van der Waals surface area contributed by atoms with Crippen LogP contribution in [0, 0.1) is 0 Å². The molecule has 0 radical (unpaired) electrons. The van der Waals surface area contributed by atoms with Gasteiger partial charge in [0.1, 0.15) is 5.76 Å². The van der Waals surface area contributed by atoms with E-state index in [9.17, 15) is 0 Å². The molecule has 1 unspecified atom stereocenters. The second kappa shape index (κ2) is 7.69. The lowest BCUT2D eigenvalue weighted by Crippen LogP contribution is -2.32. The summed E-state index contributed by atoms with van der Waals surface area (Å²) in [6.07, 6.45) is 10.6. The fourth-order valence-electron chi connectivity index (χ4n) is 3.02. The van der Waals surface area contributed by atoms with E-state index in [0.717, 1.165) is 18.6 Å². The van der Waals surface area contributed by atoms with Crippen molar-refractivity contribution < 1.29 is 4.74 Å². The molecule has 2 heterocycles. The van der Waals surface area contributed by atoms with Crippen LogP contribution in [0.25, 0.3) is 0 Å². The van der Waals surface area contributed by atoms with Gasteiger partial charge < -0.3 is 9.64 Å². The average Bonchev–Trinajstić information content (AvgIpc) is 3.00. The van der Waals surface area contributed by atoms with Crippen molar-refractivity contribution in [1.29, 1.82) is 0 Å². The number of methoxy groups -OCH3 is 1. The maximum atomic E-state index is 5.53. The third-order valence-electron chi connectivity index (χ3n) is 4.40. The van der Waals surface area contributed by atoms with E-state index < -0.39 is 0 Å². The summed E-state index contributed by atoms with van der Waals surface area (Å²) in [5.41, 5.74) is 2.79. The fourth-order valence-corrected chi connectivity index (χ4v) is 6.30. The van der Waals surface area contributed by atoms with E-state index in [2.05, 4.69) is 80.2 Å². The molecule has 1 fully saturated rings. The monoisotopic (exact) mass is 337 g/mol. The van der Waals surface area contributed by atoms with Gasteiger partial charge in [0.2, 0.25) is 0 Å². The molecule has 0 amide bonds. The van der Waals surface area contributed by atoms with Gasteiger partial charge >= 0.3 is 0 Å². The molecule has 2 aliphatic rings. The van der Waals surface area contributed by atoms with Gasteiger partial charge in [-0.1, -0.05) is 25.7 Å². The zero-order valence-electron chi connectivity index (χ0n) is 14.1. The van der Waals surface area contributed by atoms with Crippen molar-refractivity contribution in [3.8, 4) is 0 Å². The summed E-state index contributed by atoms with van der Waals surface area (Å²) in [6, 6.07) is 0.329. The first-order valence-corrected chi connectivity index (χ1v) is 9.84. The number of hydrogen-bond donors (Lipinski definition) is 0. The summed E-state index contributed by atoms with van der Waals surface area (Å²) in [7, 11) is 3.94. The summed E-state index contributed by atoms with van der Waals surface area (Å²) < 4.78 is 5.61. The zero-order valence-corrected chi connectivity index (χ0v) is 15.7. The Morgan fingerprint density at radius 1 is 1.45 bits per heavy atom. The molecule has 122 valence electrons. The van der Waals surface area contributed by atoms with Crippen LogP contribution < -0.4 is 0 Å². The Hall–Kier alpha value is -0.740. The SMILES string of the molecule is C=C/C1=C(\CC)N(C)C(C)/C=C\C(OC)=C/CC12SCCS2. The van der Waals surface area contributed by atoms with Crippen LogP contribution >= 0.6 is 23.5 Å². The Bertz CT molecular complexity index is 501. The van der Waals surface area contributed by atoms with Crippen molar-refractivity contribution in [2.45, 2.75) is 36.8 Å². The lowest BCUT2D eigenvalue weighted by Gasteiger charge is -2.36. The number of hydrogen-bond acceptors (Lipinski definition) is 4. The number of nitrogens with zero attached hydrogens (tertiary/aromatic N) is 1. The van der Waals surface area contributed by atoms with Gasteiger partial charge in [-0.05, 0) is 37.5 Å². The Morgan fingerprint density at radius 3 is 2.68 bits per heavy atom. The van der Waals surface area contributed by atoms with E-state index in [1.54, 1.807) is 7.11 Å².